The van der Waals surface area contributed by atoms with Crippen LogP contribution in [0.1, 0.15) is 0 Å². The molecule has 5 heteroatoms. The van der Waals surface area contributed by atoms with E-state index < -0.39 is 10.6 Å². The summed E-state index contributed by atoms with van der Waals surface area (Å²) in [7, 11) is 1.23. The van der Waals surface area contributed by atoms with Gasteiger partial charge in [-0.15, -0.1) is 0 Å². The summed E-state index contributed by atoms with van der Waals surface area (Å²) >= 11 is 0. The Morgan fingerprint density at radius 1 is 1.78 bits per heavy atom. The van der Waals surface area contributed by atoms with Gasteiger partial charge in [0, 0.05) is 0 Å². The zero-order valence-electron chi connectivity index (χ0n) is 4.73. The molecule has 0 radical (unpaired) electrons. The molecule has 0 atom stereocenters. The van der Waals surface area contributed by atoms with E-state index in [9.17, 15) is 14.9 Å². The zero-order valence-corrected chi connectivity index (χ0v) is 4.73. The maximum absolute atomic E-state index is 9.75. The molecule has 0 heterocycles. The Balaban J connectivity index is 4.14. The Hall–Kier alpha value is -1.39. The van der Waals surface area contributed by atoms with Crippen molar-refractivity contribution in [1.29, 1.82) is 0 Å². The van der Waals surface area contributed by atoms with Gasteiger partial charge < -0.3 is 4.74 Å². The van der Waals surface area contributed by atoms with E-state index in [2.05, 4.69) is 4.74 Å². The summed E-state index contributed by atoms with van der Waals surface area (Å²) < 4.78 is 4.22. The van der Waals surface area contributed by atoms with E-state index in [1.165, 1.54) is 7.11 Å². The Bertz CT molecular complexity index is 151. The van der Waals surface area contributed by atoms with Crippen LogP contribution in [-0.4, -0.2) is 18.3 Å². The molecule has 0 saturated carbocycles. The van der Waals surface area contributed by atoms with Crippen molar-refractivity contribution in [1.82, 2.24) is 0 Å². The summed E-state index contributed by atoms with van der Waals surface area (Å²) in [6, 6.07) is 0. The van der Waals surface area contributed by atoms with Gasteiger partial charge in [-0.3, -0.25) is 14.9 Å². The van der Waals surface area contributed by atoms with Crippen molar-refractivity contribution in [2.45, 2.75) is 0 Å². The summed E-state index contributed by atoms with van der Waals surface area (Å²) in [5.74, 6) is 0. The Kier molecular flexibility index (Phi) is 3.04. The lowest BCUT2D eigenvalue weighted by atomic mass is 10.6. The molecule has 0 aromatic rings. The molecule has 0 aromatic heterocycles. The maximum atomic E-state index is 9.75. The number of rotatable bonds is 3. The zero-order chi connectivity index (χ0) is 7.28. The van der Waals surface area contributed by atoms with Gasteiger partial charge in [0.15, 0.2) is 6.26 Å². The molecular formula is C4H5NO4. The fourth-order valence-corrected chi connectivity index (χ4v) is 0.235. The average Bonchev–Trinajstić information content (AvgIpc) is 1.82. The van der Waals surface area contributed by atoms with E-state index in [1.807, 2.05) is 0 Å². The highest BCUT2D eigenvalue weighted by Gasteiger charge is 2.06. The van der Waals surface area contributed by atoms with Gasteiger partial charge in [0.1, 0.15) is 0 Å². The predicted octanol–water partition coefficient (Wildman–Crippen LogP) is -0.0502. The molecule has 0 aliphatic carbocycles. The smallest absolute Gasteiger partial charge is 0.342 e. The molecule has 5 nitrogen and oxygen atoms in total. The van der Waals surface area contributed by atoms with Crippen LogP contribution in [0.2, 0.25) is 0 Å². The highest BCUT2D eigenvalue weighted by molar-refractivity contribution is 5.68. The van der Waals surface area contributed by atoms with Crippen LogP contribution < -0.4 is 0 Å². The number of allylic oxidation sites excluding steroid dienone is 1. The van der Waals surface area contributed by atoms with Crippen LogP contribution in [0, 0.1) is 10.1 Å². The molecule has 0 unspecified atom stereocenters. The van der Waals surface area contributed by atoms with Crippen molar-refractivity contribution in [3.8, 4) is 0 Å². The summed E-state index contributed by atoms with van der Waals surface area (Å²) in [4.78, 5) is 18.7. The number of aldehydes is 1. The third-order valence-corrected chi connectivity index (χ3v) is 0.570. The first kappa shape index (κ1) is 7.61. The third-order valence-electron chi connectivity index (χ3n) is 0.570. The Labute approximate surface area is 51.1 Å². The van der Waals surface area contributed by atoms with Gasteiger partial charge in [-0.25, -0.2) is 0 Å². The third kappa shape index (κ3) is 2.43. The van der Waals surface area contributed by atoms with Crippen molar-refractivity contribution in [2.75, 3.05) is 7.11 Å². The van der Waals surface area contributed by atoms with Crippen LogP contribution in [0.15, 0.2) is 12.0 Å². The average molecular weight is 131 g/mol. The normalized spacial score (nSPS) is 10.6. The van der Waals surface area contributed by atoms with Crippen molar-refractivity contribution in [2.24, 2.45) is 0 Å². The first-order chi connectivity index (χ1) is 4.22. The van der Waals surface area contributed by atoms with E-state index in [0.717, 1.165) is 6.26 Å². The molecule has 0 N–H and O–H groups in total. The summed E-state index contributed by atoms with van der Waals surface area (Å²) in [6.07, 6.45) is 0.885. The van der Waals surface area contributed by atoms with Gasteiger partial charge in [0.05, 0.1) is 12.0 Å². The number of hydrogen-bond acceptors (Lipinski definition) is 4. The fourth-order valence-electron chi connectivity index (χ4n) is 0.235. The van der Waals surface area contributed by atoms with Gasteiger partial charge in [0.2, 0.25) is 6.29 Å². The van der Waals surface area contributed by atoms with E-state index >= 15 is 0 Å². The van der Waals surface area contributed by atoms with Gasteiger partial charge in [-0.1, -0.05) is 0 Å². The lowest BCUT2D eigenvalue weighted by Gasteiger charge is -1.85. The number of hydrogen-bond donors (Lipinski definition) is 0. The second-order valence-corrected chi connectivity index (χ2v) is 1.15. The Morgan fingerprint density at radius 3 is 2.44 bits per heavy atom. The van der Waals surface area contributed by atoms with Gasteiger partial charge in [-0.2, -0.15) is 0 Å². The molecule has 0 amide bonds. The summed E-state index contributed by atoms with van der Waals surface area (Å²) in [5, 5.41) is 9.75. The van der Waals surface area contributed by atoms with E-state index in [4.69, 9.17) is 0 Å². The molecule has 0 aliphatic heterocycles. The summed E-state index contributed by atoms with van der Waals surface area (Å²) in [5.41, 5.74) is -0.586. The Morgan fingerprint density at radius 2 is 2.33 bits per heavy atom. The molecule has 0 bridgehead atoms. The van der Waals surface area contributed by atoms with Crippen LogP contribution >= 0.6 is 0 Å². The number of ether oxygens (including phenoxy) is 1. The molecule has 0 aliphatic rings. The minimum atomic E-state index is -0.823. The SMILES string of the molecule is CO/C=C(/C=O)[N+](=O)[O-]. The van der Waals surface area contributed by atoms with E-state index in [-0.39, 0.29) is 6.29 Å². The minimum absolute atomic E-state index is 0.115. The number of nitrogens with zero attached hydrogens (tertiary/aromatic N) is 1. The molecule has 0 aromatic carbocycles. The molecule has 0 saturated heterocycles. The van der Waals surface area contributed by atoms with Crippen molar-refractivity contribution >= 4 is 6.29 Å². The first-order valence-corrected chi connectivity index (χ1v) is 2.05. The number of carbonyl (C=O) groups is 1. The minimum Gasteiger partial charge on any atom is -0.497 e. The van der Waals surface area contributed by atoms with Crippen LogP contribution in [0.5, 0.6) is 0 Å². The highest BCUT2D eigenvalue weighted by Crippen LogP contribution is 1.88. The van der Waals surface area contributed by atoms with Gasteiger partial charge in [0.25, 0.3) is 0 Å². The number of carbonyl (C=O) groups excluding carboxylic acids is 1. The van der Waals surface area contributed by atoms with Gasteiger partial charge in [-0.05, 0) is 0 Å². The second kappa shape index (κ2) is 3.59. The molecule has 50 valence electrons. The van der Waals surface area contributed by atoms with E-state index in [1.54, 1.807) is 0 Å². The fraction of sp³-hybridized carbons (Fsp3) is 0.250. The number of methoxy groups -OCH3 is 1. The quantitative estimate of drug-likeness (QED) is 0.177. The second-order valence-electron chi connectivity index (χ2n) is 1.15. The maximum Gasteiger partial charge on any atom is 0.342 e. The topological polar surface area (TPSA) is 69.4 Å². The van der Waals surface area contributed by atoms with Crippen LogP contribution in [0.3, 0.4) is 0 Å². The van der Waals surface area contributed by atoms with Crippen LogP contribution in [-0.2, 0) is 9.53 Å². The monoisotopic (exact) mass is 131 g/mol. The van der Waals surface area contributed by atoms with Crippen molar-refractivity contribution in [3.05, 3.63) is 22.1 Å². The number of nitro groups is 1. The lowest BCUT2D eigenvalue weighted by molar-refractivity contribution is -0.418. The van der Waals surface area contributed by atoms with Crippen LogP contribution in [0.4, 0.5) is 0 Å². The standard InChI is InChI=1S/C4H5NO4/c1-9-3-4(2-6)5(7)8/h2-3H,1H3/b4-3-. The van der Waals surface area contributed by atoms with E-state index in [0.29, 0.717) is 0 Å². The lowest BCUT2D eigenvalue weighted by Crippen LogP contribution is -1.99. The molecule has 9 heavy (non-hydrogen) atoms. The van der Waals surface area contributed by atoms with Crippen molar-refractivity contribution < 1.29 is 14.5 Å². The summed E-state index contributed by atoms with van der Waals surface area (Å²) in [6.45, 7) is 0. The molecule has 0 rings (SSSR count). The van der Waals surface area contributed by atoms with Crippen LogP contribution in [0.25, 0.3) is 0 Å². The highest BCUT2D eigenvalue weighted by atomic mass is 16.6. The van der Waals surface area contributed by atoms with Gasteiger partial charge >= 0.3 is 5.70 Å². The predicted molar refractivity (Wildman–Crippen MR) is 28.2 cm³/mol. The molecular weight excluding hydrogens is 126 g/mol. The molecule has 0 fully saturated rings. The van der Waals surface area contributed by atoms with Crippen molar-refractivity contribution in [3.63, 3.8) is 0 Å². The molecule has 0 spiro atoms. The largest absolute Gasteiger partial charge is 0.497 e. The first-order valence-electron chi connectivity index (χ1n) is 2.05.